The highest BCUT2D eigenvalue weighted by molar-refractivity contribution is 9.10. The maximum absolute atomic E-state index is 4.10. The molecule has 0 aliphatic carbocycles. The van der Waals surface area contributed by atoms with E-state index in [0.717, 1.165) is 16.7 Å². The lowest BCUT2D eigenvalue weighted by molar-refractivity contribution is 1.01. The second-order valence-electron chi connectivity index (χ2n) is 1.65. The first-order chi connectivity index (χ1) is 4.33. The van der Waals surface area contributed by atoms with Crippen molar-refractivity contribution in [3.8, 4) is 0 Å². The Morgan fingerprint density at radius 2 is 2.44 bits per heavy atom. The average molecular weight is 185 g/mol. The van der Waals surface area contributed by atoms with Crippen molar-refractivity contribution >= 4 is 23.8 Å². The van der Waals surface area contributed by atoms with Gasteiger partial charge < -0.3 is 0 Å². The normalized spacial score (nSPS) is 9.44. The van der Waals surface area contributed by atoms with Crippen LogP contribution in [0.4, 0.5) is 0 Å². The van der Waals surface area contributed by atoms with Gasteiger partial charge in [0.2, 0.25) is 0 Å². The van der Waals surface area contributed by atoms with E-state index in [9.17, 15) is 0 Å². The number of hydrogen-bond acceptors (Lipinski definition) is 2. The van der Waals surface area contributed by atoms with Gasteiger partial charge in [0.15, 0.2) is 0 Å². The average Bonchev–Trinajstić information content (AvgIpc) is 1.88. The lowest BCUT2D eigenvalue weighted by atomic mass is 10.1. The summed E-state index contributed by atoms with van der Waals surface area (Å²) in [7, 11) is 2.03. The van der Waals surface area contributed by atoms with Crippen LogP contribution in [0.1, 0.15) is 5.82 Å². The maximum atomic E-state index is 4.10. The van der Waals surface area contributed by atoms with Crippen molar-refractivity contribution in [1.82, 2.24) is 9.97 Å². The first kappa shape index (κ1) is 6.74. The molecule has 0 aliphatic rings. The topological polar surface area (TPSA) is 25.8 Å². The van der Waals surface area contributed by atoms with Gasteiger partial charge in [-0.15, -0.1) is 0 Å². The largest absolute Gasteiger partial charge is 0.242 e. The third kappa shape index (κ3) is 1.79. The number of hydrogen-bond donors (Lipinski definition) is 0. The summed E-state index contributed by atoms with van der Waals surface area (Å²) in [6.07, 6.45) is 2.63. The van der Waals surface area contributed by atoms with E-state index in [1.165, 1.54) is 0 Å². The molecule has 1 aromatic rings. The molecule has 0 aliphatic heterocycles. The molecule has 2 nitrogen and oxygen atoms in total. The summed E-state index contributed by atoms with van der Waals surface area (Å²) in [5.41, 5.74) is 0. The maximum Gasteiger partial charge on any atom is 0.121 e. The summed E-state index contributed by atoms with van der Waals surface area (Å²) in [6.45, 7) is 0. The molecule has 0 bridgehead atoms. The number of halogens is 1. The molecule has 0 aromatic carbocycles. The predicted octanol–water partition coefficient (Wildman–Crippen LogP) is 0.372. The van der Waals surface area contributed by atoms with E-state index in [1.54, 1.807) is 6.20 Å². The standard InChI is InChI=1S/C5H6BBrN2/c6-3-5-8-2-1-4(7)9-5/h1-2H,3,6H2. The van der Waals surface area contributed by atoms with Crippen LogP contribution in [-0.4, -0.2) is 17.8 Å². The van der Waals surface area contributed by atoms with E-state index in [-0.39, 0.29) is 0 Å². The fourth-order valence-electron chi connectivity index (χ4n) is 0.545. The van der Waals surface area contributed by atoms with E-state index in [0.29, 0.717) is 0 Å². The minimum Gasteiger partial charge on any atom is -0.242 e. The fourth-order valence-corrected chi connectivity index (χ4v) is 0.867. The van der Waals surface area contributed by atoms with Crippen LogP contribution >= 0.6 is 15.9 Å². The molecule has 0 N–H and O–H groups in total. The zero-order valence-corrected chi connectivity index (χ0v) is 6.72. The van der Waals surface area contributed by atoms with Gasteiger partial charge in [0.1, 0.15) is 18.3 Å². The van der Waals surface area contributed by atoms with Crippen molar-refractivity contribution in [3.63, 3.8) is 0 Å². The summed E-state index contributed by atoms with van der Waals surface area (Å²) in [4.78, 5) is 8.11. The molecule has 4 heteroatoms. The molecule has 1 rings (SSSR count). The Kier molecular flexibility index (Phi) is 2.22. The van der Waals surface area contributed by atoms with Gasteiger partial charge in [-0.05, 0) is 28.3 Å². The van der Waals surface area contributed by atoms with E-state index in [2.05, 4.69) is 25.9 Å². The molecule has 0 saturated heterocycles. The molecule has 1 heterocycles. The molecule has 0 amide bonds. The molecule has 0 spiro atoms. The lowest BCUT2D eigenvalue weighted by Gasteiger charge is -1.92. The second-order valence-corrected chi connectivity index (χ2v) is 2.46. The number of rotatable bonds is 1. The third-order valence-electron chi connectivity index (χ3n) is 0.988. The summed E-state index contributed by atoms with van der Waals surface area (Å²) < 4.78 is 0.856. The minimum absolute atomic E-state index is 0.856. The molecule has 9 heavy (non-hydrogen) atoms. The Morgan fingerprint density at radius 1 is 1.67 bits per heavy atom. The molecule has 1 aromatic heterocycles. The Balaban J connectivity index is 2.94. The van der Waals surface area contributed by atoms with Gasteiger partial charge in [-0.1, -0.05) is 0 Å². The van der Waals surface area contributed by atoms with Crippen molar-refractivity contribution in [2.75, 3.05) is 0 Å². The predicted molar refractivity (Wildman–Crippen MR) is 42.0 cm³/mol. The third-order valence-corrected chi connectivity index (χ3v) is 1.43. The molecule has 46 valence electrons. The molecular formula is C5H6BBrN2. The highest BCUT2D eigenvalue weighted by Crippen LogP contribution is 2.02. The van der Waals surface area contributed by atoms with Crippen LogP contribution in [0.15, 0.2) is 16.9 Å². The van der Waals surface area contributed by atoms with Gasteiger partial charge in [-0.2, -0.15) is 0 Å². The Morgan fingerprint density at radius 3 is 2.89 bits per heavy atom. The van der Waals surface area contributed by atoms with Crippen LogP contribution in [0.25, 0.3) is 0 Å². The van der Waals surface area contributed by atoms with Crippen LogP contribution in [0, 0.1) is 0 Å². The zero-order valence-electron chi connectivity index (χ0n) is 5.13. The molecule has 0 saturated carbocycles. The van der Waals surface area contributed by atoms with E-state index >= 15 is 0 Å². The van der Waals surface area contributed by atoms with Crippen LogP contribution in [0.5, 0.6) is 0 Å². The molecular weight excluding hydrogens is 179 g/mol. The first-order valence-corrected chi connectivity index (χ1v) is 3.59. The van der Waals surface area contributed by atoms with Gasteiger partial charge in [0, 0.05) is 6.20 Å². The van der Waals surface area contributed by atoms with Crippen LogP contribution in [0.3, 0.4) is 0 Å². The van der Waals surface area contributed by atoms with E-state index < -0.39 is 0 Å². The molecule has 0 atom stereocenters. The Hall–Kier alpha value is -0.375. The highest BCUT2D eigenvalue weighted by atomic mass is 79.9. The Labute approximate surface area is 63.3 Å². The van der Waals surface area contributed by atoms with Crippen LogP contribution < -0.4 is 0 Å². The summed E-state index contributed by atoms with van der Waals surface area (Å²) in [6, 6.07) is 1.82. The van der Waals surface area contributed by atoms with Crippen molar-refractivity contribution < 1.29 is 0 Å². The van der Waals surface area contributed by atoms with Gasteiger partial charge >= 0.3 is 0 Å². The number of aromatic nitrogens is 2. The molecule has 0 unspecified atom stereocenters. The Bertz CT molecular complexity index is 204. The SMILES string of the molecule is BCc1nccc(Br)n1. The van der Waals surface area contributed by atoms with Gasteiger partial charge in [0.05, 0.1) is 0 Å². The zero-order chi connectivity index (χ0) is 6.69. The van der Waals surface area contributed by atoms with Gasteiger partial charge in [0.25, 0.3) is 0 Å². The van der Waals surface area contributed by atoms with E-state index in [1.807, 2.05) is 13.9 Å². The molecule has 0 fully saturated rings. The monoisotopic (exact) mass is 184 g/mol. The lowest BCUT2D eigenvalue weighted by Crippen LogP contribution is -1.92. The van der Waals surface area contributed by atoms with Crippen molar-refractivity contribution in [3.05, 3.63) is 22.7 Å². The quantitative estimate of drug-likeness (QED) is 0.466. The molecule has 0 radical (unpaired) electrons. The summed E-state index contributed by atoms with van der Waals surface area (Å²) in [5, 5.41) is 0. The highest BCUT2D eigenvalue weighted by Gasteiger charge is 1.90. The number of nitrogens with zero attached hydrogens (tertiary/aromatic N) is 2. The van der Waals surface area contributed by atoms with Crippen molar-refractivity contribution in [2.24, 2.45) is 0 Å². The second kappa shape index (κ2) is 2.96. The minimum atomic E-state index is 0.856. The van der Waals surface area contributed by atoms with Gasteiger partial charge in [-0.3, -0.25) is 0 Å². The van der Waals surface area contributed by atoms with E-state index in [4.69, 9.17) is 0 Å². The van der Waals surface area contributed by atoms with Crippen molar-refractivity contribution in [2.45, 2.75) is 6.32 Å². The summed E-state index contributed by atoms with van der Waals surface area (Å²) in [5.74, 6) is 0.879. The summed E-state index contributed by atoms with van der Waals surface area (Å²) >= 11 is 3.25. The van der Waals surface area contributed by atoms with Crippen LogP contribution in [0.2, 0.25) is 0 Å². The fraction of sp³-hybridized carbons (Fsp3) is 0.200. The van der Waals surface area contributed by atoms with Crippen LogP contribution in [-0.2, 0) is 6.32 Å². The van der Waals surface area contributed by atoms with Crippen molar-refractivity contribution in [1.29, 1.82) is 0 Å². The smallest absolute Gasteiger partial charge is 0.121 e. The van der Waals surface area contributed by atoms with Gasteiger partial charge in [-0.25, -0.2) is 9.97 Å². The first-order valence-electron chi connectivity index (χ1n) is 2.80.